The number of hydrogen-bond donors (Lipinski definition) is 0. The number of pyridine rings is 2. The van der Waals surface area contributed by atoms with Crippen molar-refractivity contribution in [3.05, 3.63) is 68.2 Å². The fourth-order valence-electron chi connectivity index (χ4n) is 4.29. The molecule has 0 N–H and O–H groups in total. The van der Waals surface area contributed by atoms with Crippen molar-refractivity contribution in [2.24, 2.45) is 0 Å². The number of esters is 1. The van der Waals surface area contributed by atoms with Crippen molar-refractivity contribution in [1.29, 1.82) is 0 Å². The molecule has 4 rings (SSSR count). The molecule has 31 heavy (non-hydrogen) atoms. The topological polar surface area (TPSA) is 104 Å². The zero-order valence-corrected chi connectivity index (χ0v) is 18.2. The predicted molar refractivity (Wildman–Crippen MR) is 113 cm³/mol. The third kappa shape index (κ3) is 3.40. The fraction of sp³-hybridized carbons (Fsp3) is 0.286. The van der Waals surface area contributed by atoms with E-state index >= 15 is 0 Å². The maximum absolute atomic E-state index is 14.1. The molecule has 3 aromatic rings. The Morgan fingerprint density at radius 2 is 2.03 bits per heavy atom. The molecule has 1 aliphatic carbocycles. The summed E-state index contributed by atoms with van der Waals surface area (Å²) < 4.78 is 24.4. The van der Waals surface area contributed by atoms with Crippen LogP contribution in [0.5, 0.6) is 5.88 Å². The summed E-state index contributed by atoms with van der Waals surface area (Å²) in [6, 6.07) is 6.20. The lowest BCUT2D eigenvalue weighted by Crippen LogP contribution is -2.48. The number of fused-ring (bicyclic) bond motifs is 1. The minimum absolute atomic E-state index is 0.0669. The molecule has 0 atom stereocenters. The summed E-state index contributed by atoms with van der Waals surface area (Å²) >= 11 is 3.13. The SMILES string of the molecule is COC(=O)C1(c2c([N+](=O)[O-])cnc3cc(F)c(Br)cc23)CC(c2ccnc(OC)c2)C1. The van der Waals surface area contributed by atoms with E-state index in [-0.39, 0.29) is 40.0 Å². The third-order valence-corrected chi connectivity index (χ3v) is 6.38. The molecular formula is C21H17BrFN3O5. The molecule has 2 aromatic heterocycles. The number of halogens is 2. The van der Waals surface area contributed by atoms with E-state index in [9.17, 15) is 19.3 Å². The highest BCUT2D eigenvalue weighted by molar-refractivity contribution is 9.10. The van der Waals surface area contributed by atoms with E-state index in [4.69, 9.17) is 9.47 Å². The second-order valence-corrected chi connectivity index (χ2v) is 8.22. The van der Waals surface area contributed by atoms with Crippen LogP contribution in [0.25, 0.3) is 10.9 Å². The Morgan fingerprint density at radius 3 is 2.68 bits per heavy atom. The number of methoxy groups -OCH3 is 2. The van der Waals surface area contributed by atoms with Crippen LogP contribution in [0.1, 0.15) is 29.9 Å². The lowest BCUT2D eigenvalue weighted by Gasteiger charge is -2.45. The second kappa shape index (κ2) is 7.84. The Bertz CT molecular complexity index is 1210. The fourth-order valence-corrected chi connectivity index (χ4v) is 4.64. The minimum Gasteiger partial charge on any atom is -0.481 e. The number of carbonyl (C=O) groups is 1. The molecule has 10 heteroatoms. The molecule has 0 amide bonds. The van der Waals surface area contributed by atoms with Gasteiger partial charge in [-0.15, -0.1) is 0 Å². The molecule has 1 aromatic carbocycles. The van der Waals surface area contributed by atoms with Gasteiger partial charge in [0.25, 0.3) is 5.69 Å². The third-order valence-electron chi connectivity index (χ3n) is 5.77. The van der Waals surface area contributed by atoms with Crippen LogP contribution in [0.2, 0.25) is 0 Å². The molecule has 0 unspecified atom stereocenters. The quantitative estimate of drug-likeness (QED) is 0.296. The number of carbonyl (C=O) groups excluding carboxylic acids is 1. The van der Waals surface area contributed by atoms with E-state index in [0.29, 0.717) is 11.3 Å². The first-order valence-corrected chi connectivity index (χ1v) is 10.1. The van der Waals surface area contributed by atoms with E-state index in [1.54, 1.807) is 12.3 Å². The molecule has 0 bridgehead atoms. The van der Waals surface area contributed by atoms with Crippen LogP contribution in [0.4, 0.5) is 10.1 Å². The van der Waals surface area contributed by atoms with Gasteiger partial charge in [-0.3, -0.25) is 14.9 Å². The maximum Gasteiger partial charge on any atom is 0.316 e. The zero-order chi connectivity index (χ0) is 22.3. The molecule has 8 nitrogen and oxygen atoms in total. The molecule has 2 heterocycles. The summed E-state index contributed by atoms with van der Waals surface area (Å²) in [5, 5.41) is 12.2. The first kappa shape index (κ1) is 21.1. The van der Waals surface area contributed by atoms with Crippen molar-refractivity contribution >= 4 is 38.5 Å². The lowest BCUT2D eigenvalue weighted by atomic mass is 9.56. The average molecular weight is 490 g/mol. The van der Waals surface area contributed by atoms with E-state index in [1.807, 2.05) is 6.07 Å². The molecule has 0 radical (unpaired) electrons. The standard InChI is InChI=1S/C21H17BrFN3O5/c1-30-18-5-11(3-4-24-18)12-8-21(9-12,20(27)31-2)19-13-6-14(22)15(23)7-16(13)25-10-17(19)26(28)29/h3-7,10,12H,8-9H2,1-2H3. The number of nitro groups is 1. The van der Waals surface area contributed by atoms with Crippen molar-refractivity contribution < 1.29 is 23.6 Å². The van der Waals surface area contributed by atoms with E-state index in [2.05, 4.69) is 25.9 Å². The first-order valence-electron chi connectivity index (χ1n) is 9.31. The Morgan fingerprint density at radius 1 is 1.29 bits per heavy atom. The van der Waals surface area contributed by atoms with E-state index in [1.165, 1.54) is 26.4 Å². The zero-order valence-electron chi connectivity index (χ0n) is 16.6. The summed E-state index contributed by atoms with van der Waals surface area (Å²) in [4.78, 5) is 32.4. The highest BCUT2D eigenvalue weighted by Gasteiger charge is 2.56. The van der Waals surface area contributed by atoms with Gasteiger partial charge in [0, 0.05) is 23.7 Å². The molecule has 160 valence electrons. The largest absolute Gasteiger partial charge is 0.481 e. The summed E-state index contributed by atoms with van der Waals surface area (Å²) in [6.07, 6.45) is 3.23. The summed E-state index contributed by atoms with van der Waals surface area (Å²) in [6.45, 7) is 0. The predicted octanol–water partition coefficient (Wildman–Crippen LogP) is 4.44. The van der Waals surface area contributed by atoms with Crippen molar-refractivity contribution in [1.82, 2.24) is 9.97 Å². The Balaban J connectivity index is 1.90. The van der Waals surface area contributed by atoms with Crippen LogP contribution in [0.3, 0.4) is 0 Å². The van der Waals surface area contributed by atoms with Gasteiger partial charge in [-0.25, -0.2) is 14.4 Å². The number of aromatic nitrogens is 2. The van der Waals surface area contributed by atoms with E-state index < -0.39 is 22.1 Å². The number of nitrogens with zero attached hydrogens (tertiary/aromatic N) is 3. The molecule has 1 saturated carbocycles. The van der Waals surface area contributed by atoms with Crippen molar-refractivity contribution in [2.45, 2.75) is 24.2 Å². The van der Waals surface area contributed by atoms with Crippen LogP contribution in [-0.2, 0) is 14.9 Å². The van der Waals surface area contributed by atoms with Crippen LogP contribution in [0, 0.1) is 15.9 Å². The number of ether oxygens (including phenoxy) is 2. The molecule has 0 spiro atoms. The lowest BCUT2D eigenvalue weighted by molar-refractivity contribution is -0.386. The van der Waals surface area contributed by atoms with Gasteiger partial charge in [0.15, 0.2) is 0 Å². The van der Waals surface area contributed by atoms with Crippen molar-refractivity contribution in [3.8, 4) is 5.88 Å². The highest BCUT2D eigenvalue weighted by Crippen LogP contribution is 2.57. The number of rotatable bonds is 5. The van der Waals surface area contributed by atoms with Crippen LogP contribution < -0.4 is 4.74 Å². The van der Waals surface area contributed by atoms with Crippen molar-refractivity contribution in [3.63, 3.8) is 0 Å². The average Bonchev–Trinajstić information content (AvgIpc) is 2.73. The summed E-state index contributed by atoms with van der Waals surface area (Å²) in [7, 11) is 2.76. The van der Waals surface area contributed by atoms with Crippen molar-refractivity contribution in [2.75, 3.05) is 14.2 Å². The maximum atomic E-state index is 14.1. The molecule has 0 aliphatic heterocycles. The van der Waals surface area contributed by atoms with Crippen LogP contribution in [0.15, 0.2) is 41.1 Å². The Labute approximate surface area is 184 Å². The second-order valence-electron chi connectivity index (χ2n) is 7.37. The molecule has 0 saturated heterocycles. The molecule has 1 fully saturated rings. The normalized spacial score (nSPS) is 20.2. The number of hydrogen-bond acceptors (Lipinski definition) is 7. The Kier molecular flexibility index (Phi) is 5.34. The van der Waals surface area contributed by atoms with Gasteiger partial charge >= 0.3 is 5.97 Å². The van der Waals surface area contributed by atoms with Gasteiger partial charge in [-0.1, -0.05) is 0 Å². The van der Waals surface area contributed by atoms with Gasteiger partial charge in [0.2, 0.25) is 5.88 Å². The van der Waals surface area contributed by atoms with Gasteiger partial charge in [-0.05, 0) is 52.4 Å². The summed E-state index contributed by atoms with van der Waals surface area (Å²) in [5.74, 6) is -0.765. The smallest absolute Gasteiger partial charge is 0.316 e. The van der Waals surface area contributed by atoms with Gasteiger partial charge < -0.3 is 9.47 Å². The van der Waals surface area contributed by atoms with Gasteiger partial charge in [0.05, 0.1) is 34.7 Å². The highest BCUT2D eigenvalue weighted by atomic mass is 79.9. The number of benzene rings is 1. The Hall–Kier alpha value is -3.14. The molecule has 1 aliphatic rings. The minimum atomic E-state index is -1.27. The van der Waals surface area contributed by atoms with Gasteiger partial charge in [-0.2, -0.15) is 0 Å². The summed E-state index contributed by atoms with van der Waals surface area (Å²) in [5.41, 5.74) is -0.260. The molecular weight excluding hydrogens is 473 g/mol. The van der Waals surface area contributed by atoms with E-state index in [0.717, 1.165) is 11.8 Å². The first-order chi connectivity index (χ1) is 14.8. The van der Waals surface area contributed by atoms with Gasteiger partial charge in [0.1, 0.15) is 17.4 Å². The van der Waals surface area contributed by atoms with Crippen LogP contribution in [-0.4, -0.2) is 35.1 Å². The van der Waals surface area contributed by atoms with Crippen LogP contribution >= 0.6 is 15.9 Å². The monoisotopic (exact) mass is 489 g/mol.